The number of halogens is 1. The molecule has 0 aliphatic heterocycles. The fourth-order valence-corrected chi connectivity index (χ4v) is 1.49. The zero-order valence-corrected chi connectivity index (χ0v) is 10.1. The van der Waals surface area contributed by atoms with Crippen molar-refractivity contribution in [2.24, 2.45) is 5.73 Å². The molecule has 0 aromatic heterocycles. The van der Waals surface area contributed by atoms with Crippen molar-refractivity contribution < 1.29 is 19.0 Å². The predicted molar refractivity (Wildman–Crippen MR) is 64.5 cm³/mol. The molecule has 0 radical (unpaired) electrons. The van der Waals surface area contributed by atoms with Gasteiger partial charge in [0.1, 0.15) is 5.82 Å². The quantitative estimate of drug-likeness (QED) is 0.642. The summed E-state index contributed by atoms with van der Waals surface area (Å²) in [6.07, 6.45) is -0.655. The van der Waals surface area contributed by atoms with E-state index in [0.29, 0.717) is 5.56 Å². The van der Waals surface area contributed by atoms with Crippen LogP contribution in [-0.4, -0.2) is 37.4 Å². The highest BCUT2D eigenvalue weighted by atomic mass is 19.1. The molecule has 100 valence electrons. The third kappa shape index (κ3) is 4.40. The Morgan fingerprint density at radius 2 is 2.33 bits per heavy atom. The van der Waals surface area contributed by atoms with E-state index in [2.05, 4.69) is 5.32 Å². The number of ether oxygens (including phenoxy) is 1. The first-order chi connectivity index (χ1) is 8.54. The van der Waals surface area contributed by atoms with E-state index in [4.69, 9.17) is 10.5 Å². The Bertz CT molecular complexity index is 412. The van der Waals surface area contributed by atoms with Crippen LogP contribution in [-0.2, 0) is 11.3 Å². The van der Waals surface area contributed by atoms with E-state index in [-0.39, 0.29) is 25.3 Å². The molecule has 0 saturated heterocycles. The van der Waals surface area contributed by atoms with Crippen molar-refractivity contribution in [1.29, 1.82) is 0 Å². The van der Waals surface area contributed by atoms with E-state index in [0.717, 1.165) is 0 Å². The number of benzene rings is 1. The minimum atomic E-state index is -0.655. The number of hydrogen-bond acceptors (Lipinski definition) is 4. The second-order valence-electron chi connectivity index (χ2n) is 3.91. The number of primary amides is 1. The minimum absolute atomic E-state index is 0.202. The summed E-state index contributed by atoms with van der Waals surface area (Å²) in [7, 11) is 1.49. The maximum absolute atomic E-state index is 13.4. The molecular weight excluding hydrogens is 239 g/mol. The van der Waals surface area contributed by atoms with E-state index < -0.39 is 17.8 Å². The Labute approximate surface area is 105 Å². The monoisotopic (exact) mass is 256 g/mol. The van der Waals surface area contributed by atoms with Gasteiger partial charge in [-0.3, -0.25) is 4.79 Å². The summed E-state index contributed by atoms with van der Waals surface area (Å²) >= 11 is 0. The van der Waals surface area contributed by atoms with Gasteiger partial charge in [0.25, 0.3) is 0 Å². The number of methoxy groups -OCH3 is 1. The lowest BCUT2D eigenvalue weighted by Crippen LogP contribution is -2.30. The van der Waals surface area contributed by atoms with Gasteiger partial charge in [0.05, 0.1) is 12.7 Å². The van der Waals surface area contributed by atoms with E-state index in [1.165, 1.54) is 25.3 Å². The van der Waals surface area contributed by atoms with Gasteiger partial charge in [-0.2, -0.15) is 0 Å². The maximum atomic E-state index is 13.4. The van der Waals surface area contributed by atoms with Crippen LogP contribution in [0.5, 0.6) is 0 Å². The molecule has 0 spiro atoms. The Morgan fingerprint density at radius 3 is 2.94 bits per heavy atom. The molecular formula is C12H17FN2O3. The summed E-state index contributed by atoms with van der Waals surface area (Å²) in [5, 5.41) is 12.3. The van der Waals surface area contributed by atoms with Crippen LogP contribution in [0.15, 0.2) is 18.2 Å². The fraction of sp³-hybridized carbons (Fsp3) is 0.417. The third-order valence-corrected chi connectivity index (χ3v) is 2.38. The summed E-state index contributed by atoms with van der Waals surface area (Å²) in [5.74, 6) is -1.02. The average Bonchev–Trinajstić information content (AvgIpc) is 2.31. The van der Waals surface area contributed by atoms with Crippen LogP contribution >= 0.6 is 0 Å². The molecule has 6 heteroatoms. The summed E-state index contributed by atoms with van der Waals surface area (Å²) in [6.45, 7) is 0.679. The van der Waals surface area contributed by atoms with Crippen molar-refractivity contribution in [1.82, 2.24) is 5.32 Å². The second-order valence-corrected chi connectivity index (χ2v) is 3.91. The van der Waals surface area contributed by atoms with Gasteiger partial charge in [0.2, 0.25) is 5.91 Å². The van der Waals surface area contributed by atoms with Crippen molar-refractivity contribution in [3.05, 3.63) is 35.1 Å². The molecule has 0 heterocycles. The number of hydrogen-bond donors (Lipinski definition) is 3. The Morgan fingerprint density at radius 1 is 1.61 bits per heavy atom. The van der Waals surface area contributed by atoms with Crippen LogP contribution in [0.25, 0.3) is 0 Å². The molecule has 1 atom stereocenters. The minimum Gasteiger partial charge on any atom is -0.389 e. The zero-order chi connectivity index (χ0) is 13.5. The number of aliphatic hydroxyl groups excluding tert-OH is 1. The van der Waals surface area contributed by atoms with E-state index >= 15 is 0 Å². The van der Waals surface area contributed by atoms with Gasteiger partial charge in [0.15, 0.2) is 0 Å². The summed E-state index contributed by atoms with van der Waals surface area (Å²) in [4.78, 5) is 11.0. The lowest BCUT2D eigenvalue weighted by atomic mass is 10.1. The topological polar surface area (TPSA) is 84.6 Å². The van der Waals surface area contributed by atoms with Crippen molar-refractivity contribution >= 4 is 5.91 Å². The second kappa shape index (κ2) is 7.05. The highest BCUT2D eigenvalue weighted by Gasteiger charge is 2.08. The van der Waals surface area contributed by atoms with Crippen LogP contribution in [0.3, 0.4) is 0 Å². The molecule has 0 aliphatic rings. The Balaban J connectivity index is 2.56. The first kappa shape index (κ1) is 14.6. The highest BCUT2D eigenvalue weighted by Crippen LogP contribution is 2.10. The van der Waals surface area contributed by atoms with Crippen molar-refractivity contribution in [3.63, 3.8) is 0 Å². The molecule has 1 rings (SSSR count). The highest BCUT2D eigenvalue weighted by molar-refractivity contribution is 5.92. The molecule has 0 saturated carbocycles. The molecule has 1 aromatic carbocycles. The van der Waals surface area contributed by atoms with Gasteiger partial charge in [0, 0.05) is 31.3 Å². The maximum Gasteiger partial charge on any atom is 0.248 e. The smallest absolute Gasteiger partial charge is 0.248 e. The standard InChI is InChI=1S/C12H17FN2O3/c1-18-7-10(16)6-15-5-9-4-8(12(14)17)2-3-11(9)13/h2-4,10,15-16H,5-7H2,1H3,(H2,14,17). The molecule has 4 N–H and O–H groups in total. The molecule has 1 aromatic rings. The zero-order valence-electron chi connectivity index (χ0n) is 10.1. The number of carbonyl (C=O) groups excluding carboxylic acids is 1. The third-order valence-electron chi connectivity index (χ3n) is 2.38. The van der Waals surface area contributed by atoms with Crippen molar-refractivity contribution in [2.45, 2.75) is 12.6 Å². The average molecular weight is 256 g/mol. The van der Waals surface area contributed by atoms with Gasteiger partial charge >= 0.3 is 0 Å². The Hall–Kier alpha value is -1.50. The summed E-state index contributed by atoms with van der Waals surface area (Å²) < 4.78 is 18.2. The number of rotatable bonds is 7. The lowest BCUT2D eigenvalue weighted by molar-refractivity contribution is 0.0643. The van der Waals surface area contributed by atoms with Gasteiger partial charge in [-0.1, -0.05) is 0 Å². The normalized spacial score (nSPS) is 12.4. The lowest BCUT2D eigenvalue weighted by Gasteiger charge is -2.11. The van der Waals surface area contributed by atoms with Crippen molar-refractivity contribution in [2.75, 3.05) is 20.3 Å². The molecule has 0 fully saturated rings. The van der Waals surface area contributed by atoms with Crippen LogP contribution in [0.4, 0.5) is 4.39 Å². The molecule has 0 bridgehead atoms. The largest absolute Gasteiger partial charge is 0.389 e. The van der Waals surface area contributed by atoms with Gasteiger partial charge in [-0.15, -0.1) is 0 Å². The number of nitrogens with two attached hydrogens (primary N) is 1. The van der Waals surface area contributed by atoms with Gasteiger partial charge in [-0.25, -0.2) is 4.39 Å². The van der Waals surface area contributed by atoms with Gasteiger partial charge < -0.3 is 20.9 Å². The number of carbonyl (C=O) groups is 1. The molecule has 0 aliphatic carbocycles. The van der Waals surface area contributed by atoms with Crippen LogP contribution in [0, 0.1) is 5.82 Å². The number of aliphatic hydroxyl groups is 1. The van der Waals surface area contributed by atoms with Gasteiger partial charge in [-0.05, 0) is 18.2 Å². The molecule has 1 unspecified atom stereocenters. The van der Waals surface area contributed by atoms with Crippen LogP contribution < -0.4 is 11.1 Å². The molecule has 5 nitrogen and oxygen atoms in total. The molecule has 1 amide bonds. The van der Waals surface area contributed by atoms with E-state index in [1.54, 1.807) is 0 Å². The molecule has 18 heavy (non-hydrogen) atoms. The summed E-state index contributed by atoms with van der Waals surface area (Å²) in [5.41, 5.74) is 5.70. The van der Waals surface area contributed by atoms with Crippen LogP contribution in [0.2, 0.25) is 0 Å². The van der Waals surface area contributed by atoms with E-state index in [9.17, 15) is 14.3 Å². The van der Waals surface area contributed by atoms with Crippen LogP contribution in [0.1, 0.15) is 15.9 Å². The Kier molecular flexibility index (Phi) is 5.70. The van der Waals surface area contributed by atoms with Crippen molar-refractivity contribution in [3.8, 4) is 0 Å². The SMILES string of the molecule is COCC(O)CNCc1cc(C(N)=O)ccc1F. The number of amides is 1. The fourth-order valence-electron chi connectivity index (χ4n) is 1.49. The number of nitrogens with one attached hydrogen (secondary N) is 1. The predicted octanol–water partition coefficient (Wildman–Crippen LogP) is 0.0215. The summed E-state index contributed by atoms with van der Waals surface area (Å²) in [6, 6.07) is 3.93. The first-order valence-electron chi connectivity index (χ1n) is 5.50. The van der Waals surface area contributed by atoms with E-state index in [1.807, 2.05) is 0 Å². The first-order valence-corrected chi connectivity index (χ1v) is 5.50.